The van der Waals surface area contributed by atoms with E-state index in [2.05, 4.69) is 5.32 Å². The first-order valence-electron chi connectivity index (χ1n) is 6.99. The number of ether oxygens (including phenoxy) is 1. The SMILES string of the molecule is Cc1cc(Cl)cc(C)c1OCC(=O)Nc1cccc(S(N)(=O)=O)c1. The summed E-state index contributed by atoms with van der Waals surface area (Å²) in [5, 5.41) is 8.22. The molecule has 1 amide bonds. The monoisotopic (exact) mass is 368 g/mol. The minimum absolute atomic E-state index is 0.0781. The predicted octanol–water partition coefficient (Wildman–Crippen LogP) is 2.62. The number of anilines is 1. The lowest BCUT2D eigenvalue weighted by Gasteiger charge is -2.13. The minimum Gasteiger partial charge on any atom is -0.483 e. The molecule has 0 saturated carbocycles. The Bertz CT molecular complexity index is 858. The van der Waals surface area contributed by atoms with E-state index in [1.54, 1.807) is 18.2 Å². The van der Waals surface area contributed by atoms with E-state index in [-0.39, 0.29) is 11.5 Å². The number of benzene rings is 2. The van der Waals surface area contributed by atoms with Crippen LogP contribution in [0.5, 0.6) is 5.75 Å². The fourth-order valence-electron chi connectivity index (χ4n) is 2.21. The number of amides is 1. The first-order chi connectivity index (χ1) is 11.2. The zero-order chi connectivity index (χ0) is 17.9. The molecule has 3 N–H and O–H groups in total. The average molecular weight is 369 g/mol. The molecule has 0 aliphatic carbocycles. The number of aryl methyl sites for hydroxylation is 2. The Hall–Kier alpha value is -2.09. The predicted molar refractivity (Wildman–Crippen MR) is 92.9 cm³/mol. The lowest BCUT2D eigenvalue weighted by molar-refractivity contribution is -0.118. The average Bonchev–Trinajstić information content (AvgIpc) is 2.45. The molecule has 0 heterocycles. The lowest BCUT2D eigenvalue weighted by atomic mass is 10.1. The molecule has 2 rings (SSSR count). The second kappa shape index (κ2) is 7.21. The van der Waals surface area contributed by atoms with Crippen LogP contribution in [0.2, 0.25) is 5.02 Å². The Balaban J connectivity index is 2.05. The molecule has 0 bridgehead atoms. The highest BCUT2D eigenvalue weighted by Crippen LogP contribution is 2.27. The van der Waals surface area contributed by atoms with Crippen molar-refractivity contribution in [1.82, 2.24) is 0 Å². The maximum atomic E-state index is 12.0. The van der Waals surface area contributed by atoms with Crippen LogP contribution in [0.4, 0.5) is 5.69 Å². The van der Waals surface area contributed by atoms with E-state index in [9.17, 15) is 13.2 Å². The maximum Gasteiger partial charge on any atom is 0.262 e. The summed E-state index contributed by atoms with van der Waals surface area (Å²) in [5.41, 5.74) is 1.97. The standard InChI is InChI=1S/C16H17ClN2O4S/c1-10-6-12(17)7-11(2)16(10)23-9-15(20)19-13-4-3-5-14(8-13)24(18,21)22/h3-8H,9H2,1-2H3,(H,19,20)(H2,18,21,22). The molecular formula is C16H17ClN2O4S. The molecule has 0 aliphatic heterocycles. The van der Waals surface area contributed by atoms with Crippen molar-refractivity contribution in [3.05, 3.63) is 52.5 Å². The largest absolute Gasteiger partial charge is 0.483 e. The van der Waals surface area contributed by atoms with E-state index >= 15 is 0 Å². The van der Waals surface area contributed by atoms with Crippen LogP contribution < -0.4 is 15.2 Å². The molecule has 6 nitrogen and oxygen atoms in total. The number of hydrogen-bond acceptors (Lipinski definition) is 4. The number of sulfonamides is 1. The van der Waals surface area contributed by atoms with Gasteiger partial charge in [0.2, 0.25) is 10.0 Å². The third-order valence-electron chi connectivity index (χ3n) is 3.22. The van der Waals surface area contributed by atoms with Gasteiger partial charge in [0, 0.05) is 10.7 Å². The normalized spacial score (nSPS) is 11.2. The van der Waals surface area contributed by atoms with Gasteiger partial charge in [0.15, 0.2) is 6.61 Å². The van der Waals surface area contributed by atoms with E-state index < -0.39 is 15.9 Å². The van der Waals surface area contributed by atoms with E-state index in [4.69, 9.17) is 21.5 Å². The summed E-state index contributed by atoms with van der Waals surface area (Å²) in [7, 11) is -3.83. The second-order valence-electron chi connectivity index (χ2n) is 5.28. The minimum atomic E-state index is -3.83. The van der Waals surface area contributed by atoms with Gasteiger partial charge in [0.1, 0.15) is 5.75 Å². The Morgan fingerprint density at radius 3 is 2.42 bits per heavy atom. The molecule has 0 spiro atoms. The van der Waals surface area contributed by atoms with Crippen molar-refractivity contribution in [2.75, 3.05) is 11.9 Å². The van der Waals surface area contributed by atoms with Crippen molar-refractivity contribution >= 4 is 33.2 Å². The Kier molecular flexibility index (Phi) is 5.48. The van der Waals surface area contributed by atoms with Gasteiger partial charge >= 0.3 is 0 Å². The first-order valence-corrected chi connectivity index (χ1v) is 8.91. The molecule has 0 aromatic heterocycles. The van der Waals surface area contributed by atoms with Gasteiger partial charge in [0.25, 0.3) is 5.91 Å². The van der Waals surface area contributed by atoms with Crippen LogP contribution in [0, 0.1) is 13.8 Å². The van der Waals surface area contributed by atoms with Gasteiger partial charge in [-0.25, -0.2) is 13.6 Å². The summed E-state index contributed by atoms with van der Waals surface area (Å²) in [6.07, 6.45) is 0. The van der Waals surface area contributed by atoms with Crippen LogP contribution in [-0.4, -0.2) is 20.9 Å². The molecule has 0 fully saturated rings. The van der Waals surface area contributed by atoms with Crippen LogP contribution in [0.3, 0.4) is 0 Å². The number of nitrogens with one attached hydrogen (secondary N) is 1. The number of halogens is 1. The molecule has 2 aromatic rings. The zero-order valence-corrected chi connectivity index (χ0v) is 14.7. The first kappa shape index (κ1) is 18.3. The third kappa shape index (κ3) is 4.70. The van der Waals surface area contributed by atoms with Gasteiger partial charge in [-0.1, -0.05) is 17.7 Å². The highest BCUT2D eigenvalue weighted by atomic mass is 35.5. The third-order valence-corrected chi connectivity index (χ3v) is 4.35. The van der Waals surface area contributed by atoms with E-state index in [1.807, 2.05) is 13.8 Å². The number of nitrogens with two attached hydrogens (primary N) is 1. The smallest absolute Gasteiger partial charge is 0.262 e. The van der Waals surface area contributed by atoms with E-state index in [0.29, 0.717) is 16.5 Å². The van der Waals surface area contributed by atoms with E-state index in [1.165, 1.54) is 18.2 Å². The molecule has 0 radical (unpaired) electrons. The number of carbonyl (C=O) groups excluding carboxylic acids is 1. The molecule has 0 atom stereocenters. The number of rotatable bonds is 5. The van der Waals surface area contributed by atoms with Gasteiger partial charge < -0.3 is 10.1 Å². The van der Waals surface area contributed by atoms with Crippen LogP contribution in [-0.2, 0) is 14.8 Å². The summed E-state index contributed by atoms with van der Waals surface area (Å²) in [6.45, 7) is 3.45. The summed E-state index contributed by atoms with van der Waals surface area (Å²) in [4.78, 5) is 11.9. The number of carbonyl (C=O) groups is 1. The molecule has 128 valence electrons. The fraction of sp³-hybridized carbons (Fsp3) is 0.188. The summed E-state index contributed by atoms with van der Waals surface area (Å²) >= 11 is 5.95. The Labute approximate surface area is 145 Å². The molecule has 2 aromatic carbocycles. The number of primary sulfonamides is 1. The van der Waals surface area contributed by atoms with E-state index in [0.717, 1.165) is 11.1 Å². The van der Waals surface area contributed by atoms with Crippen LogP contribution in [0.25, 0.3) is 0 Å². The second-order valence-corrected chi connectivity index (χ2v) is 7.28. The molecule has 8 heteroatoms. The van der Waals surface area contributed by atoms with Crippen molar-refractivity contribution in [2.24, 2.45) is 5.14 Å². The zero-order valence-electron chi connectivity index (χ0n) is 13.2. The molecule has 0 aliphatic rings. The van der Waals surface area contributed by atoms with Crippen molar-refractivity contribution < 1.29 is 17.9 Å². The quantitative estimate of drug-likeness (QED) is 0.847. The van der Waals surface area contributed by atoms with Gasteiger partial charge in [0.05, 0.1) is 4.90 Å². The lowest BCUT2D eigenvalue weighted by Crippen LogP contribution is -2.21. The number of hydrogen-bond donors (Lipinski definition) is 2. The van der Waals surface area contributed by atoms with Crippen molar-refractivity contribution in [3.63, 3.8) is 0 Å². The Morgan fingerprint density at radius 2 is 1.83 bits per heavy atom. The summed E-state index contributed by atoms with van der Waals surface area (Å²) < 4.78 is 28.2. The fourth-order valence-corrected chi connectivity index (χ4v) is 3.10. The molecule has 24 heavy (non-hydrogen) atoms. The van der Waals surface area contributed by atoms with Crippen LogP contribution in [0.1, 0.15) is 11.1 Å². The van der Waals surface area contributed by atoms with Crippen molar-refractivity contribution in [3.8, 4) is 5.75 Å². The van der Waals surface area contributed by atoms with Gasteiger partial charge in [-0.15, -0.1) is 0 Å². The van der Waals surface area contributed by atoms with Crippen LogP contribution in [0.15, 0.2) is 41.3 Å². The molecule has 0 unspecified atom stereocenters. The van der Waals surface area contributed by atoms with Gasteiger partial charge in [-0.3, -0.25) is 4.79 Å². The topological polar surface area (TPSA) is 98.5 Å². The van der Waals surface area contributed by atoms with Crippen molar-refractivity contribution in [1.29, 1.82) is 0 Å². The maximum absolute atomic E-state index is 12.0. The highest BCUT2D eigenvalue weighted by Gasteiger charge is 2.11. The molecular weight excluding hydrogens is 352 g/mol. The van der Waals surface area contributed by atoms with Gasteiger partial charge in [-0.05, 0) is 55.3 Å². The van der Waals surface area contributed by atoms with Gasteiger partial charge in [-0.2, -0.15) is 0 Å². The molecule has 0 saturated heterocycles. The highest BCUT2D eigenvalue weighted by molar-refractivity contribution is 7.89. The van der Waals surface area contributed by atoms with Crippen LogP contribution >= 0.6 is 11.6 Å². The van der Waals surface area contributed by atoms with Crippen molar-refractivity contribution in [2.45, 2.75) is 18.7 Å². The summed E-state index contributed by atoms with van der Waals surface area (Å²) in [6, 6.07) is 9.18. The summed E-state index contributed by atoms with van der Waals surface area (Å²) in [5.74, 6) is 0.170. The Morgan fingerprint density at radius 1 is 1.21 bits per heavy atom.